The van der Waals surface area contributed by atoms with E-state index in [2.05, 4.69) is 25.1 Å². The Kier molecular flexibility index (Phi) is 4.92. The third kappa shape index (κ3) is 2.97. The first-order valence-corrected chi connectivity index (χ1v) is 11.0. The molecule has 6 atom stereocenters. The minimum atomic E-state index is -1.16. The highest BCUT2D eigenvalue weighted by Crippen LogP contribution is 2.67. The quantitative estimate of drug-likeness (QED) is 0.697. The molecule has 0 bridgehead atoms. The van der Waals surface area contributed by atoms with Gasteiger partial charge in [-0.3, -0.25) is 4.79 Å². The first kappa shape index (κ1) is 20.6. The van der Waals surface area contributed by atoms with Crippen molar-refractivity contribution < 1.29 is 24.6 Å². The second-order valence-electron chi connectivity index (χ2n) is 10.2. The number of ketones is 1. The van der Waals surface area contributed by atoms with Crippen LogP contribution in [-0.4, -0.2) is 39.9 Å². The van der Waals surface area contributed by atoms with Gasteiger partial charge in [0.1, 0.15) is 5.60 Å². The van der Waals surface area contributed by atoms with Crippen molar-refractivity contribution in [2.24, 2.45) is 33.7 Å². The zero-order valence-corrected chi connectivity index (χ0v) is 17.7. The molecule has 0 aromatic rings. The van der Waals surface area contributed by atoms with Gasteiger partial charge >= 0.3 is 5.97 Å². The summed E-state index contributed by atoms with van der Waals surface area (Å²) in [5, 5.41) is 24.0. The number of Topliss-reactive ketones (excluding diaryl/α,β-unsaturated/α-hetero) is 1. The fourth-order valence-corrected chi connectivity index (χ4v) is 7.41. The molecule has 29 heavy (non-hydrogen) atoms. The number of aliphatic carboxylic acids is 1. The zero-order valence-electron chi connectivity index (χ0n) is 17.7. The van der Waals surface area contributed by atoms with Gasteiger partial charge < -0.3 is 15.1 Å². The molecule has 0 aromatic heterocycles. The van der Waals surface area contributed by atoms with Gasteiger partial charge in [-0.15, -0.1) is 0 Å². The smallest absolute Gasteiger partial charge is 0.344 e. The van der Waals surface area contributed by atoms with Crippen LogP contribution in [0.3, 0.4) is 0 Å². The van der Waals surface area contributed by atoms with Crippen LogP contribution in [-0.2, 0) is 14.4 Å². The van der Waals surface area contributed by atoms with E-state index in [1.807, 2.05) is 0 Å². The molecule has 0 heterocycles. The second-order valence-corrected chi connectivity index (χ2v) is 10.2. The molecule has 0 saturated heterocycles. The van der Waals surface area contributed by atoms with Crippen LogP contribution < -0.4 is 0 Å². The molecule has 0 aromatic carbocycles. The van der Waals surface area contributed by atoms with Crippen LogP contribution in [0.2, 0.25) is 0 Å². The number of carbonyl (C=O) groups excluding carboxylic acids is 1. The van der Waals surface area contributed by atoms with Crippen molar-refractivity contribution >= 4 is 17.5 Å². The van der Waals surface area contributed by atoms with Crippen LogP contribution in [0.4, 0.5) is 0 Å². The lowest BCUT2D eigenvalue weighted by Gasteiger charge is -2.59. The number of hydrogen-bond donors (Lipinski definition) is 2. The molecule has 0 radical (unpaired) electrons. The van der Waals surface area contributed by atoms with Crippen LogP contribution in [0.15, 0.2) is 16.8 Å². The number of carbonyl (C=O) groups is 2. The van der Waals surface area contributed by atoms with Gasteiger partial charge in [-0.05, 0) is 87.5 Å². The summed E-state index contributed by atoms with van der Waals surface area (Å²) in [6.07, 6.45) is 9.50. The van der Waals surface area contributed by atoms with Crippen LogP contribution >= 0.6 is 0 Å². The minimum absolute atomic E-state index is 0.0663. The monoisotopic (exact) mass is 403 g/mol. The average molecular weight is 404 g/mol. The Balaban J connectivity index is 1.57. The van der Waals surface area contributed by atoms with Gasteiger partial charge in [0.25, 0.3) is 0 Å². The molecule has 160 valence electrons. The number of nitrogens with zero attached hydrogens (tertiary/aromatic N) is 1. The Morgan fingerprint density at radius 2 is 1.86 bits per heavy atom. The van der Waals surface area contributed by atoms with Crippen molar-refractivity contribution in [3.05, 3.63) is 11.6 Å². The first-order valence-electron chi connectivity index (χ1n) is 11.0. The maximum absolute atomic E-state index is 12.3. The van der Waals surface area contributed by atoms with Crippen molar-refractivity contribution in [3.63, 3.8) is 0 Å². The van der Waals surface area contributed by atoms with Gasteiger partial charge in [-0.1, -0.05) is 24.6 Å². The number of fused-ring (bicyclic) bond motifs is 5. The Labute approximate surface area is 172 Å². The molecule has 3 saturated carbocycles. The van der Waals surface area contributed by atoms with Crippen LogP contribution in [0.1, 0.15) is 72.1 Å². The highest BCUT2D eigenvalue weighted by molar-refractivity contribution is 5.96. The van der Waals surface area contributed by atoms with E-state index in [0.717, 1.165) is 50.7 Å². The van der Waals surface area contributed by atoms with Gasteiger partial charge in [0.2, 0.25) is 6.61 Å². The number of aliphatic hydroxyl groups is 1. The predicted octanol–water partition coefficient (Wildman–Crippen LogP) is 3.73. The molecule has 0 aliphatic heterocycles. The Morgan fingerprint density at radius 3 is 2.55 bits per heavy atom. The first-order chi connectivity index (χ1) is 13.6. The molecular formula is C23H33NO5. The number of carboxylic acids is 1. The topological polar surface area (TPSA) is 96.2 Å². The largest absolute Gasteiger partial charge is 0.479 e. The molecule has 0 spiro atoms. The van der Waals surface area contributed by atoms with E-state index >= 15 is 0 Å². The van der Waals surface area contributed by atoms with Gasteiger partial charge in [0.05, 0.1) is 5.71 Å². The summed E-state index contributed by atoms with van der Waals surface area (Å²) in [4.78, 5) is 27.9. The third-order valence-corrected chi connectivity index (χ3v) is 9.08. The van der Waals surface area contributed by atoms with Crippen molar-refractivity contribution in [1.29, 1.82) is 0 Å². The Hall–Kier alpha value is -1.69. The fraction of sp³-hybridized carbons (Fsp3) is 0.783. The summed E-state index contributed by atoms with van der Waals surface area (Å²) in [6.45, 7) is 5.67. The maximum Gasteiger partial charge on any atom is 0.344 e. The fourth-order valence-electron chi connectivity index (χ4n) is 7.41. The van der Waals surface area contributed by atoms with Crippen LogP contribution in [0, 0.1) is 28.6 Å². The number of carboxylic acid groups (broad SMARTS) is 1. The second kappa shape index (κ2) is 6.93. The lowest BCUT2D eigenvalue weighted by Crippen LogP contribution is -2.57. The van der Waals surface area contributed by atoms with E-state index in [0.29, 0.717) is 24.2 Å². The summed E-state index contributed by atoms with van der Waals surface area (Å²) < 4.78 is 0. The predicted molar refractivity (Wildman–Crippen MR) is 108 cm³/mol. The molecule has 2 N–H and O–H groups in total. The van der Waals surface area contributed by atoms with Crippen molar-refractivity contribution in [1.82, 2.24) is 0 Å². The van der Waals surface area contributed by atoms with Gasteiger partial charge in [0.15, 0.2) is 5.78 Å². The molecular weight excluding hydrogens is 370 g/mol. The highest BCUT2D eigenvalue weighted by atomic mass is 16.6. The SMILES string of the molecule is CC(=O)[C@@]1(O)CC[C@H]2[C@@H]3CCC4=C/C(=N/OCC(=O)O)CC[C@]4(C)[C@H]3CC[C@@]21C. The molecule has 4 aliphatic carbocycles. The van der Waals surface area contributed by atoms with Gasteiger partial charge in [-0.2, -0.15) is 0 Å². The Bertz CT molecular complexity index is 788. The molecule has 0 amide bonds. The zero-order chi connectivity index (χ0) is 21.0. The van der Waals surface area contributed by atoms with Gasteiger partial charge in [0, 0.05) is 5.41 Å². The lowest BCUT2D eigenvalue weighted by atomic mass is 9.46. The van der Waals surface area contributed by atoms with Crippen molar-refractivity contribution in [2.75, 3.05) is 6.61 Å². The minimum Gasteiger partial charge on any atom is -0.479 e. The summed E-state index contributed by atoms with van der Waals surface area (Å²) in [5.41, 5.74) is 0.903. The number of hydrogen-bond acceptors (Lipinski definition) is 5. The lowest BCUT2D eigenvalue weighted by molar-refractivity contribution is -0.159. The van der Waals surface area contributed by atoms with Crippen LogP contribution in [0.5, 0.6) is 0 Å². The van der Waals surface area contributed by atoms with E-state index < -0.39 is 18.2 Å². The van der Waals surface area contributed by atoms with E-state index in [1.54, 1.807) is 6.92 Å². The van der Waals surface area contributed by atoms with E-state index in [4.69, 9.17) is 9.94 Å². The molecule has 4 aliphatic rings. The van der Waals surface area contributed by atoms with Gasteiger partial charge in [-0.25, -0.2) is 4.79 Å². The van der Waals surface area contributed by atoms with Crippen molar-refractivity contribution in [3.8, 4) is 0 Å². The summed E-state index contributed by atoms with van der Waals surface area (Å²) in [5.74, 6) is 0.434. The third-order valence-electron chi connectivity index (χ3n) is 9.08. The summed E-state index contributed by atoms with van der Waals surface area (Å²) >= 11 is 0. The standard InChI is InChI=1S/C23H33NO5/c1-14(25)23(28)11-8-19-17-5-4-15-12-16(24-29-13-20(26)27)6-9-21(15,2)18(17)7-10-22(19,23)3/h12,17-19,28H,4-11,13H2,1-3H3,(H,26,27)/b24-16+/t17-,18+,19+,21+,22+,23+/m1/s1. The average Bonchev–Trinajstić information content (AvgIpc) is 2.94. The highest BCUT2D eigenvalue weighted by Gasteiger charge is 2.65. The molecule has 0 unspecified atom stereocenters. The molecule has 6 nitrogen and oxygen atoms in total. The Morgan fingerprint density at radius 1 is 1.14 bits per heavy atom. The molecule has 4 rings (SSSR count). The molecule has 6 heteroatoms. The summed E-state index contributed by atoms with van der Waals surface area (Å²) in [6, 6.07) is 0. The number of allylic oxidation sites excluding steroid dienone is 2. The molecule has 3 fully saturated rings. The summed E-state index contributed by atoms with van der Waals surface area (Å²) in [7, 11) is 0. The van der Waals surface area contributed by atoms with E-state index in [-0.39, 0.29) is 16.6 Å². The van der Waals surface area contributed by atoms with E-state index in [1.165, 1.54) is 5.57 Å². The van der Waals surface area contributed by atoms with Crippen LogP contribution in [0.25, 0.3) is 0 Å². The number of rotatable bonds is 4. The normalized spacial score (nSPS) is 45.0. The van der Waals surface area contributed by atoms with Crippen molar-refractivity contribution in [2.45, 2.75) is 77.7 Å². The number of oxime groups is 1. The maximum atomic E-state index is 12.3. The van der Waals surface area contributed by atoms with E-state index in [9.17, 15) is 14.7 Å².